The first-order chi connectivity index (χ1) is 14.7. The molecule has 0 saturated heterocycles. The Morgan fingerprint density at radius 3 is 2.58 bits per heavy atom. The predicted molar refractivity (Wildman–Crippen MR) is 111 cm³/mol. The first-order valence-electron chi connectivity index (χ1n) is 9.43. The lowest BCUT2D eigenvalue weighted by Crippen LogP contribution is -2.37. The summed E-state index contributed by atoms with van der Waals surface area (Å²) in [5.74, 6) is -0.578. The van der Waals surface area contributed by atoms with Gasteiger partial charge >= 0.3 is 11.7 Å². The van der Waals surface area contributed by atoms with Crippen molar-refractivity contribution >= 4 is 23.0 Å². The summed E-state index contributed by atoms with van der Waals surface area (Å²) in [6.07, 6.45) is 1.27. The molecule has 1 atom stereocenters. The summed E-state index contributed by atoms with van der Waals surface area (Å²) in [7, 11) is 4.36. The molecule has 3 aromatic rings. The number of carbonyl (C=O) groups is 2. The van der Waals surface area contributed by atoms with Gasteiger partial charge in [-0.3, -0.25) is 23.5 Å². The van der Waals surface area contributed by atoms with Crippen molar-refractivity contribution in [3.8, 4) is 5.75 Å². The molecule has 1 amide bonds. The van der Waals surface area contributed by atoms with Crippen molar-refractivity contribution in [3.05, 3.63) is 57.0 Å². The third-order valence-corrected chi connectivity index (χ3v) is 4.86. The molecule has 0 aliphatic rings. The normalized spacial score (nSPS) is 11.9. The van der Waals surface area contributed by atoms with Crippen molar-refractivity contribution < 1.29 is 19.1 Å². The van der Waals surface area contributed by atoms with E-state index in [2.05, 4.69) is 10.3 Å². The Morgan fingerprint density at radius 2 is 1.87 bits per heavy atom. The van der Waals surface area contributed by atoms with Gasteiger partial charge in [0.1, 0.15) is 12.3 Å². The largest absolute Gasteiger partial charge is 0.496 e. The Balaban J connectivity index is 1.64. The van der Waals surface area contributed by atoms with Crippen LogP contribution in [0.3, 0.4) is 0 Å². The zero-order chi connectivity index (χ0) is 22.7. The molecule has 1 aromatic carbocycles. The molecule has 0 aliphatic carbocycles. The number of nitrogens with zero attached hydrogens (tertiary/aromatic N) is 4. The van der Waals surface area contributed by atoms with Gasteiger partial charge in [0.15, 0.2) is 17.8 Å². The highest BCUT2D eigenvalue weighted by molar-refractivity contribution is 5.81. The topological polar surface area (TPSA) is 126 Å². The maximum absolute atomic E-state index is 12.4. The van der Waals surface area contributed by atoms with Crippen LogP contribution in [0.4, 0.5) is 0 Å². The van der Waals surface area contributed by atoms with Gasteiger partial charge in [-0.25, -0.2) is 9.78 Å². The smallest absolute Gasteiger partial charge is 0.332 e. The number of aryl methyl sites for hydroxylation is 1. The molecule has 164 valence electrons. The van der Waals surface area contributed by atoms with Crippen LogP contribution < -0.4 is 21.3 Å². The van der Waals surface area contributed by atoms with Crippen LogP contribution in [0.2, 0.25) is 0 Å². The summed E-state index contributed by atoms with van der Waals surface area (Å²) in [4.78, 5) is 52.8. The van der Waals surface area contributed by atoms with E-state index in [1.54, 1.807) is 20.1 Å². The standard InChI is InChI=1S/C20H23N5O6/c1-12(13-7-5-6-8-14(13)30-4)22-15(26)10-31-16(27)9-25-11-21-18-17(25)19(28)24(3)20(29)23(18)2/h5-8,11-12H,9-10H2,1-4H3,(H,22,26)/t12-/m0/s1. The first-order valence-corrected chi connectivity index (χ1v) is 9.43. The van der Waals surface area contributed by atoms with E-state index in [0.29, 0.717) is 5.75 Å². The number of carbonyl (C=O) groups excluding carboxylic acids is 2. The lowest BCUT2D eigenvalue weighted by molar-refractivity contribution is -0.149. The van der Waals surface area contributed by atoms with E-state index in [4.69, 9.17) is 9.47 Å². The summed E-state index contributed by atoms with van der Waals surface area (Å²) in [6.45, 7) is 0.968. The number of ether oxygens (including phenoxy) is 2. The average molecular weight is 429 g/mol. The molecule has 0 saturated carbocycles. The van der Waals surface area contributed by atoms with E-state index < -0.39 is 29.7 Å². The van der Waals surface area contributed by atoms with E-state index in [-0.39, 0.29) is 23.8 Å². The zero-order valence-electron chi connectivity index (χ0n) is 17.6. The van der Waals surface area contributed by atoms with Crippen molar-refractivity contribution in [3.63, 3.8) is 0 Å². The molecule has 0 fully saturated rings. The average Bonchev–Trinajstić information content (AvgIpc) is 3.18. The van der Waals surface area contributed by atoms with Gasteiger partial charge in [0.05, 0.1) is 19.5 Å². The van der Waals surface area contributed by atoms with Gasteiger partial charge in [-0.1, -0.05) is 18.2 Å². The quantitative estimate of drug-likeness (QED) is 0.518. The highest BCUT2D eigenvalue weighted by atomic mass is 16.5. The molecule has 0 radical (unpaired) electrons. The summed E-state index contributed by atoms with van der Waals surface area (Å²) in [6, 6.07) is 6.91. The molecular weight excluding hydrogens is 406 g/mol. The Labute approximate surface area is 176 Å². The minimum atomic E-state index is -0.727. The minimum absolute atomic E-state index is 0.0933. The second-order valence-corrected chi connectivity index (χ2v) is 6.94. The van der Waals surface area contributed by atoms with Crippen LogP contribution >= 0.6 is 0 Å². The number of aromatic nitrogens is 4. The SMILES string of the molecule is COc1ccccc1[C@H](C)NC(=O)COC(=O)Cn1cnc2c1c(=O)n(C)c(=O)n2C. The van der Waals surface area contributed by atoms with Gasteiger partial charge in [-0.2, -0.15) is 0 Å². The molecule has 0 unspecified atom stereocenters. The van der Waals surface area contributed by atoms with E-state index >= 15 is 0 Å². The number of esters is 1. The highest BCUT2D eigenvalue weighted by Crippen LogP contribution is 2.24. The number of nitrogens with one attached hydrogen (secondary N) is 1. The Kier molecular flexibility index (Phi) is 6.23. The lowest BCUT2D eigenvalue weighted by atomic mass is 10.1. The molecule has 0 spiro atoms. The molecule has 1 N–H and O–H groups in total. The number of para-hydroxylation sites is 1. The fourth-order valence-electron chi connectivity index (χ4n) is 3.23. The Bertz CT molecular complexity index is 1260. The molecule has 11 nitrogen and oxygen atoms in total. The van der Waals surface area contributed by atoms with Crippen LogP contribution in [0.15, 0.2) is 40.2 Å². The molecular formula is C20H23N5O6. The number of fused-ring (bicyclic) bond motifs is 1. The maximum atomic E-state index is 12.4. The van der Waals surface area contributed by atoms with Crippen LogP contribution in [0.5, 0.6) is 5.75 Å². The number of amides is 1. The van der Waals surface area contributed by atoms with Crippen molar-refractivity contribution in [1.29, 1.82) is 0 Å². The maximum Gasteiger partial charge on any atom is 0.332 e. The number of hydrogen-bond donors (Lipinski definition) is 1. The van der Waals surface area contributed by atoms with Gasteiger partial charge in [0.25, 0.3) is 11.5 Å². The number of rotatable bonds is 7. The summed E-state index contributed by atoms with van der Waals surface area (Å²) >= 11 is 0. The molecule has 11 heteroatoms. The minimum Gasteiger partial charge on any atom is -0.496 e. The second kappa shape index (κ2) is 8.86. The first kappa shape index (κ1) is 21.8. The number of methoxy groups -OCH3 is 1. The monoisotopic (exact) mass is 429 g/mol. The van der Waals surface area contributed by atoms with E-state index in [1.165, 1.54) is 29.6 Å². The fraction of sp³-hybridized carbons (Fsp3) is 0.350. The zero-order valence-corrected chi connectivity index (χ0v) is 17.6. The third kappa shape index (κ3) is 4.34. The lowest BCUT2D eigenvalue weighted by Gasteiger charge is -2.17. The Morgan fingerprint density at radius 1 is 1.16 bits per heavy atom. The highest BCUT2D eigenvalue weighted by Gasteiger charge is 2.18. The van der Waals surface area contributed by atoms with Crippen LogP contribution in [0.25, 0.3) is 11.2 Å². The van der Waals surface area contributed by atoms with Crippen LogP contribution in [0, 0.1) is 0 Å². The van der Waals surface area contributed by atoms with Crippen molar-refractivity contribution in [1.82, 2.24) is 24.0 Å². The van der Waals surface area contributed by atoms with Crippen molar-refractivity contribution in [2.45, 2.75) is 19.5 Å². The second-order valence-electron chi connectivity index (χ2n) is 6.94. The number of benzene rings is 1. The van der Waals surface area contributed by atoms with Gasteiger partial charge in [-0.05, 0) is 13.0 Å². The van der Waals surface area contributed by atoms with E-state index in [0.717, 1.165) is 10.1 Å². The third-order valence-electron chi connectivity index (χ3n) is 4.86. The van der Waals surface area contributed by atoms with Gasteiger partial charge in [0.2, 0.25) is 0 Å². The number of hydrogen-bond acceptors (Lipinski definition) is 7. The number of imidazole rings is 1. The van der Waals surface area contributed by atoms with Crippen molar-refractivity contribution in [2.75, 3.05) is 13.7 Å². The van der Waals surface area contributed by atoms with Crippen LogP contribution in [-0.4, -0.2) is 44.3 Å². The molecule has 3 rings (SSSR count). The summed E-state index contributed by atoms with van der Waals surface area (Å²) < 4.78 is 13.7. The molecule has 2 aromatic heterocycles. The fourth-order valence-corrected chi connectivity index (χ4v) is 3.23. The van der Waals surface area contributed by atoms with E-state index in [1.807, 2.05) is 18.2 Å². The summed E-state index contributed by atoms with van der Waals surface area (Å²) in [5, 5.41) is 2.74. The molecule has 2 heterocycles. The van der Waals surface area contributed by atoms with Gasteiger partial charge in [0, 0.05) is 19.7 Å². The van der Waals surface area contributed by atoms with Gasteiger partial charge < -0.3 is 19.4 Å². The molecule has 0 bridgehead atoms. The van der Waals surface area contributed by atoms with Crippen LogP contribution in [-0.2, 0) is 35.0 Å². The molecule has 31 heavy (non-hydrogen) atoms. The van der Waals surface area contributed by atoms with Crippen LogP contribution in [0.1, 0.15) is 18.5 Å². The predicted octanol–water partition coefficient (Wildman–Crippen LogP) is -0.137. The summed E-state index contributed by atoms with van der Waals surface area (Å²) in [5.41, 5.74) is -0.0611. The van der Waals surface area contributed by atoms with Crippen molar-refractivity contribution in [2.24, 2.45) is 14.1 Å². The Hall–Kier alpha value is -3.89. The van der Waals surface area contributed by atoms with Gasteiger partial charge in [-0.15, -0.1) is 0 Å². The van der Waals surface area contributed by atoms with E-state index in [9.17, 15) is 19.2 Å². The molecule has 0 aliphatic heterocycles.